The van der Waals surface area contributed by atoms with Gasteiger partial charge in [-0.05, 0) is 50.3 Å². The second kappa shape index (κ2) is 6.86. The molecule has 5 nitrogen and oxygen atoms in total. The first kappa shape index (κ1) is 17.5. The van der Waals surface area contributed by atoms with Gasteiger partial charge in [-0.25, -0.2) is 4.72 Å². The van der Waals surface area contributed by atoms with Crippen LogP contribution in [0.5, 0.6) is 0 Å². The predicted octanol–water partition coefficient (Wildman–Crippen LogP) is 2.74. The number of nitrogens with zero attached hydrogens (tertiary/aromatic N) is 2. The van der Waals surface area contributed by atoms with Crippen LogP contribution in [-0.4, -0.2) is 36.4 Å². The van der Waals surface area contributed by atoms with E-state index in [-0.39, 0.29) is 6.04 Å². The van der Waals surface area contributed by atoms with Crippen LogP contribution in [0, 0.1) is 6.92 Å². The Labute approximate surface area is 144 Å². The van der Waals surface area contributed by atoms with Gasteiger partial charge in [-0.2, -0.15) is 12.7 Å². The van der Waals surface area contributed by atoms with Crippen molar-refractivity contribution in [3.05, 3.63) is 35.5 Å². The summed E-state index contributed by atoms with van der Waals surface area (Å²) in [5.41, 5.74) is 3.61. The highest BCUT2D eigenvalue weighted by Gasteiger charge is 2.28. The summed E-state index contributed by atoms with van der Waals surface area (Å²) in [5.74, 6) is 0. The molecule has 1 saturated heterocycles. The van der Waals surface area contributed by atoms with Crippen LogP contribution in [-0.2, 0) is 23.7 Å². The number of nitrogens with one attached hydrogen (secondary N) is 1. The highest BCUT2D eigenvalue weighted by Crippen LogP contribution is 2.23. The smallest absolute Gasteiger partial charge is 0.279 e. The lowest BCUT2D eigenvalue weighted by atomic mass is 10.1. The number of hydrogen-bond donors (Lipinski definition) is 1. The van der Waals surface area contributed by atoms with Gasteiger partial charge in [0.25, 0.3) is 10.2 Å². The van der Waals surface area contributed by atoms with Crippen molar-refractivity contribution in [3.8, 4) is 0 Å². The molecule has 0 bridgehead atoms. The molecule has 1 atom stereocenters. The summed E-state index contributed by atoms with van der Waals surface area (Å²) in [6, 6.07) is 6.49. The maximum Gasteiger partial charge on any atom is 0.279 e. The minimum atomic E-state index is -3.38. The molecular formula is C18H27N3O2S. The van der Waals surface area contributed by atoms with Crippen molar-refractivity contribution in [2.75, 3.05) is 13.1 Å². The molecule has 3 rings (SSSR count). The minimum Gasteiger partial charge on any atom is -0.350 e. The third-order valence-corrected chi connectivity index (χ3v) is 6.69. The fourth-order valence-electron chi connectivity index (χ4n) is 3.60. The van der Waals surface area contributed by atoms with E-state index in [0.717, 1.165) is 19.3 Å². The Morgan fingerprint density at radius 2 is 2.08 bits per heavy atom. The Balaban J connectivity index is 1.68. The SMILES string of the molecule is Cc1ccc2c(CCNS(=O)(=O)N3CCCCC3C)cn(C)c2c1. The van der Waals surface area contributed by atoms with E-state index < -0.39 is 10.2 Å². The van der Waals surface area contributed by atoms with Gasteiger partial charge in [-0.1, -0.05) is 18.6 Å². The molecule has 1 aromatic heterocycles. The van der Waals surface area contributed by atoms with Crippen LogP contribution in [0.3, 0.4) is 0 Å². The van der Waals surface area contributed by atoms with Gasteiger partial charge in [0.15, 0.2) is 0 Å². The van der Waals surface area contributed by atoms with Crippen LogP contribution < -0.4 is 4.72 Å². The summed E-state index contributed by atoms with van der Waals surface area (Å²) in [6.45, 7) is 5.13. The number of fused-ring (bicyclic) bond motifs is 1. The first-order valence-electron chi connectivity index (χ1n) is 8.69. The van der Waals surface area contributed by atoms with E-state index in [1.54, 1.807) is 4.31 Å². The normalized spacial score (nSPS) is 19.9. The molecule has 2 heterocycles. The van der Waals surface area contributed by atoms with Crippen LogP contribution in [0.25, 0.3) is 10.9 Å². The van der Waals surface area contributed by atoms with E-state index >= 15 is 0 Å². The molecule has 0 amide bonds. The molecule has 0 spiro atoms. The highest BCUT2D eigenvalue weighted by atomic mass is 32.2. The largest absolute Gasteiger partial charge is 0.350 e. The van der Waals surface area contributed by atoms with E-state index in [2.05, 4.69) is 40.6 Å². The number of aryl methyl sites for hydroxylation is 2. The lowest BCUT2D eigenvalue weighted by Crippen LogP contribution is -2.48. The van der Waals surface area contributed by atoms with Gasteiger partial charge in [0.1, 0.15) is 0 Å². The van der Waals surface area contributed by atoms with Crippen LogP contribution in [0.1, 0.15) is 37.3 Å². The predicted molar refractivity (Wildman–Crippen MR) is 98.3 cm³/mol. The van der Waals surface area contributed by atoms with E-state index in [4.69, 9.17) is 0 Å². The molecule has 24 heavy (non-hydrogen) atoms. The van der Waals surface area contributed by atoms with E-state index in [0.29, 0.717) is 19.5 Å². The molecule has 1 aliphatic heterocycles. The van der Waals surface area contributed by atoms with Crippen molar-refractivity contribution in [2.45, 2.75) is 45.6 Å². The molecule has 1 aromatic carbocycles. The molecule has 132 valence electrons. The van der Waals surface area contributed by atoms with Crippen LogP contribution in [0.15, 0.2) is 24.4 Å². The van der Waals surface area contributed by atoms with Gasteiger partial charge in [0.2, 0.25) is 0 Å². The number of aromatic nitrogens is 1. The summed E-state index contributed by atoms with van der Waals surface area (Å²) in [6.07, 6.45) is 5.81. The molecule has 2 aromatic rings. The van der Waals surface area contributed by atoms with Crippen LogP contribution >= 0.6 is 0 Å². The monoisotopic (exact) mass is 349 g/mol. The van der Waals surface area contributed by atoms with Gasteiger partial charge >= 0.3 is 0 Å². The van der Waals surface area contributed by atoms with Gasteiger partial charge in [0.05, 0.1) is 0 Å². The van der Waals surface area contributed by atoms with Crippen LogP contribution in [0.2, 0.25) is 0 Å². The third kappa shape index (κ3) is 3.50. The Kier molecular flexibility index (Phi) is 4.99. The standard InChI is InChI=1S/C18H27N3O2S/c1-14-7-8-17-16(13-20(3)18(17)12-14)9-10-19-24(22,23)21-11-5-4-6-15(21)2/h7-8,12-13,15,19H,4-6,9-11H2,1-3H3. The summed E-state index contributed by atoms with van der Waals surface area (Å²) < 4.78 is 31.5. The molecule has 0 radical (unpaired) electrons. The second-order valence-electron chi connectivity index (χ2n) is 6.89. The van der Waals surface area contributed by atoms with Gasteiger partial charge in [-0.3, -0.25) is 0 Å². The Morgan fingerprint density at radius 3 is 2.83 bits per heavy atom. The van der Waals surface area contributed by atoms with Gasteiger partial charge in [-0.15, -0.1) is 0 Å². The van der Waals surface area contributed by atoms with Crippen molar-refractivity contribution in [3.63, 3.8) is 0 Å². The molecular weight excluding hydrogens is 322 g/mol. The van der Waals surface area contributed by atoms with Gasteiger partial charge < -0.3 is 4.57 Å². The van der Waals surface area contributed by atoms with Crippen molar-refractivity contribution in [1.29, 1.82) is 0 Å². The lowest BCUT2D eigenvalue weighted by Gasteiger charge is -2.32. The molecule has 1 fully saturated rings. The van der Waals surface area contributed by atoms with Crippen molar-refractivity contribution < 1.29 is 8.42 Å². The average molecular weight is 350 g/mol. The highest BCUT2D eigenvalue weighted by molar-refractivity contribution is 7.87. The Bertz CT molecular complexity index is 826. The number of benzene rings is 1. The maximum atomic E-state index is 12.5. The Hall–Kier alpha value is -1.37. The molecule has 0 saturated carbocycles. The zero-order chi connectivity index (χ0) is 17.3. The minimum absolute atomic E-state index is 0.0942. The molecule has 0 aliphatic carbocycles. The molecule has 1 aliphatic rings. The zero-order valence-corrected chi connectivity index (χ0v) is 15.6. The van der Waals surface area contributed by atoms with Crippen LogP contribution in [0.4, 0.5) is 0 Å². The molecule has 1 unspecified atom stereocenters. The summed E-state index contributed by atoms with van der Waals surface area (Å²) in [4.78, 5) is 0. The van der Waals surface area contributed by atoms with E-state index in [9.17, 15) is 8.42 Å². The first-order chi connectivity index (χ1) is 11.4. The second-order valence-corrected chi connectivity index (χ2v) is 8.60. The van der Waals surface area contributed by atoms with Crippen molar-refractivity contribution in [1.82, 2.24) is 13.6 Å². The van der Waals surface area contributed by atoms with E-state index in [1.807, 2.05) is 14.0 Å². The average Bonchev–Trinajstić information content (AvgIpc) is 2.83. The third-order valence-electron chi connectivity index (χ3n) is 4.96. The lowest BCUT2D eigenvalue weighted by molar-refractivity contribution is 0.265. The van der Waals surface area contributed by atoms with E-state index in [1.165, 1.54) is 22.0 Å². The topological polar surface area (TPSA) is 54.3 Å². The van der Waals surface area contributed by atoms with Gasteiger partial charge in [0, 0.05) is 43.3 Å². The number of piperidine rings is 1. The molecule has 6 heteroatoms. The first-order valence-corrected chi connectivity index (χ1v) is 10.1. The fraction of sp³-hybridized carbons (Fsp3) is 0.556. The number of hydrogen-bond acceptors (Lipinski definition) is 2. The maximum absolute atomic E-state index is 12.5. The quantitative estimate of drug-likeness (QED) is 0.902. The fourth-order valence-corrected chi connectivity index (χ4v) is 5.08. The van der Waals surface area contributed by atoms with Crippen molar-refractivity contribution in [2.24, 2.45) is 7.05 Å². The number of rotatable bonds is 5. The zero-order valence-electron chi connectivity index (χ0n) is 14.7. The summed E-state index contributed by atoms with van der Waals surface area (Å²) in [5, 5.41) is 1.20. The van der Waals surface area contributed by atoms with Crippen molar-refractivity contribution >= 4 is 21.1 Å². The summed E-state index contributed by atoms with van der Waals surface area (Å²) in [7, 11) is -1.35. The molecule has 1 N–H and O–H groups in total. The summed E-state index contributed by atoms with van der Waals surface area (Å²) >= 11 is 0. The Morgan fingerprint density at radius 1 is 1.29 bits per heavy atom.